The molecule has 0 radical (unpaired) electrons. The van der Waals surface area contributed by atoms with Gasteiger partial charge in [-0.2, -0.15) is 0 Å². The molecule has 1 aliphatic rings. The van der Waals surface area contributed by atoms with Crippen molar-refractivity contribution in [3.05, 3.63) is 0 Å². The lowest BCUT2D eigenvalue weighted by atomic mass is 10.1. The molecule has 1 fully saturated rings. The number of carbonyl (C=O) groups is 2. The van der Waals surface area contributed by atoms with Gasteiger partial charge in [-0.25, -0.2) is 0 Å². The van der Waals surface area contributed by atoms with E-state index in [9.17, 15) is 9.59 Å². The minimum Gasteiger partial charge on any atom is -0.481 e. The van der Waals surface area contributed by atoms with Crippen molar-refractivity contribution in [3.8, 4) is 0 Å². The number of carboxylic acid groups (broad SMARTS) is 1. The van der Waals surface area contributed by atoms with Crippen LogP contribution in [0.25, 0.3) is 0 Å². The molecule has 14 heavy (non-hydrogen) atoms. The fourth-order valence-electron chi connectivity index (χ4n) is 1.62. The molecule has 0 saturated carbocycles. The van der Waals surface area contributed by atoms with Gasteiger partial charge in [0.2, 0.25) is 5.91 Å². The molecule has 5 nitrogen and oxygen atoms in total. The average molecular weight is 200 g/mol. The number of rotatable bonds is 4. The van der Waals surface area contributed by atoms with Crippen molar-refractivity contribution in [2.75, 3.05) is 19.6 Å². The summed E-state index contributed by atoms with van der Waals surface area (Å²) >= 11 is 0. The van der Waals surface area contributed by atoms with Crippen LogP contribution in [0.15, 0.2) is 0 Å². The van der Waals surface area contributed by atoms with Gasteiger partial charge in [-0.05, 0) is 18.9 Å². The van der Waals surface area contributed by atoms with Gasteiger partial charge in [-0.15, -0.1) is 0 Å². The lowest BCUT2D eigenvalue weighted by Crippen LogP contribution is -2.30. The summed E-state index contributed by atoms with van der Waals surface area (Å²) in [6.07, 6.45) is 0.963. The van der Waals surface area contributed by atoms with Crippen molar-refractivity contribution in [2.45, 2.75) is 19.3 Å². The summed E-state index contributed by atoms with van der Waals surface area (Å²) in [4.78, 5) is 23.4. The summed E-state index contributed by atoms with van der Waals surface area (Å²) in [6.45, 7) is 2.01. The maximum atomic E-state index is 11.4. The standard InChI is InChI=1S/C9H16N2O3/c10-5-7-3-4-11(6-7)8(12)1-2-9(13)14/h7H,1-6,10H2,(H,13,14). The van der Waals surface area contributed by atoms with E-state index in [0.29, 0.717) is 19.0 Å². The van der Waals surface area contributed by atoms with Gasteiger partial charge in [0, 0.05) is 19.5 Å². The van der Waals surface area contributed by atoms with Crippen LogP contribution in [-0.4, -0.2) is 41.5 Å². The number of likely N-dealkylation sites (tertiary alicyclic amines) is 1. The summed E-state index contributed by atoms with van der Waals surface area (Å²) in [5, 5.41) is 8.41. The first-order valence-electron chi connectivity index (χ1n) is 4.83. The fraction of sp³-hybridized carbons (Fsp3) is 0.778. The van der Waals surface area contributed by atoms with Gasteiger partial charge in [-0.3, -0.25) is 9.59 Å². The topological polar surface area (TPSA) is 83.6 Å². The normalized spacial score (nSPS) is 21.2. The highest BCUT2D eigenvalue weighted by molar-refractivity contribution is 5.80. The summed E-state index contributed by atoms with van der Waals surface area (Å²) < 4.78 is 0. The van der Waals surface area contributed by atoms with E-state index in [4.69, 9.17) is 10.8 Å². The molecule has 1 amide bonds. The van der Waals surface area contributed by atoms with Crippen molar-refractivity contribution in [1.29, 1.82) is 0 Å². The molecule has 1 saturated heterocycles. The molecular formula is C9H16N2O3. The average Bonchev–Trinajstić information content (AvgIpc) is 2.62. The first-order chi connectivity index (χ1) is 6.63. The molecule has 80 valence electrons. The summed E-state index contributed by atoms with van der Waals surface area (Å²) in [6, 6.07) is 0. The number of hydrogen-bond acceptors (Lipinski definition) is 3. The second kappa shape index (κ2) is 4.95. The molecule has 0 aromatic heterocycles. The molecule has 1 heterocycles. The van der Waals surface area contributed by atoms with Crippen LogP contribution in [-0.2, 0) is 9.59 Å². The Morgan fingerprint density at radius 1 is 1.43 bits per heavy atom. The molecule has 0 aromatic rings. The van der Waals surface area contributed by atoms with Crippen molar-refractivity contribution in [3.63, 3.8) is 0 Å². The fourth-order valence-corrected chi connectivity index (χ4v) is 1.62. The van der Waals surface area contributed by atoms with E-state index in [1.165, 1.54) is 0 Å². The molecule has 0 aliphatic carbocycles. The Morgan fingerprint density at radius 2 is 2.14 bits per heavy atom. The number of carbonyl (C=O) groups excluding carboxylic acids is 1. The number of nitrogens with zero attached hydrogens (tertiary/aromatic N) is 1. The smallest absolute Gasteiger partial charge is 0.303 e. The molecule has 5 heteroatoms. The maximum Gasteiger partial charge on any atom is 0.303 e. The molecule has 1 rings (SSSR count). The van der Waals surface area contributed by atoms with Gasteiger partial charge in [0.15, 0.2) is 0 Å². The van der Waals surface area contributed by atoms with Gasteiger partial charge in [0.1, 0.15) is 0 Å². The third kappa shape index (κ3) is 2.99. The van der Waals surface area contributed by atoms with Crippen LogP contribution >= 0.6 is 0 Å². The zero-order valence-electron chi connectivity index (χ0n) is 8.11. The molecule has 0 aromatic carbocycles. The number of hydrogen-bond donors (Lipinski definition) is 2. The molecular weight excluding hydrogens is 184 g/mol. The highest BCUT2D eigenvalue weighted by Crippen LogP contribution is 2.15. The second-order valence-electron chi connectivity index (χ2n) is 3.62. The van der Waals surface area contributed by atoms with Crippen LogP contribution < -0.4 is 5.73 Å². The maximum absolute atomic E-state index is 11.4. The predicted octanol–water partition coefficient (Wildman–Crippen LogP) is -0.342. The zero-order chi connectivity index (χ0) is 10.6. The Bertz CT molecular complexity index is 230. The molecule has 0 spiro atoms. The van der Waals surface area contributed by atoms with E-state index in [0.717, 1.165) is 13.0 Å². The number of carboxylic acids is 1. The van der Waals surface area contributed by atoms with E-state index < -0.39 is 5.97 Å². The highest BCUT2D eigenvalue weighted by Gasteiger charge is 2.24. The van der Waals surface area contributed by atoms with E-state index in [1.54, 1.807) is 4.90 Å². The number of amides is 1. The molecule has 1 atom stereocenters. The van der Waals surface area contributed by atoms with Crippen LogP contribution in [0.4, 0.5) is 0 Å². The van der Waals surface area contributed by atoms with Gasteiger partial charge in [0.05, 0.1) is 6.42 Å². The lowest BCUT2D eigenvalue weighted by molar-refractivity contribution is -0.140. The molecule has 1 aliphatic heterocycles. The Kier molecular flexibility index (Phi) is 3.88. The van der Waals surface area contributed by atoms with Crippen LogP contribution in [0.5, 0.6) is 0 Å². The summed E-state index contributed by atoms with van der Waals surface area (Å²) in [7, 11) is 0. The van der Waals surface area contributed by atoms with Crippen LogP contribution in [0.1, 0.15) is 19.3 Å². The third-order valence-electron chi connectivity index (χ3n) is 2.52. The van der Waals surface area contributed by atoms with Crippen LogP contribution in [0, 0.1) is 5.92 Å². The molecule has 0 bridgehead atoms. The number of nitrogens with two attached hydrogens (primary N) is 1. The van der Waals surface area contributed by atoms with Crippen molar-refractivity contribution >= 4 is 11.9 Å². The Hall–Kier alpha value is -1.10. The Balaban J connectivity index is 2.28. The number of aliphatic carboxylic acids is 1. The van der Waals surface area contributed by atoms with Crippen LogP contribution in [0.2, 0.25) is 0 Å². The van der Waals surface area contributed by atoms with Crippen molar-refractivity contribution in [1.82, 2.24) is 4.90 Å². The van der Waals surface area contributed by atoms with Crippen molar-refractivity contribution < 1.29 is 14.7 Å². The summed E-state index contributed by atoms with van der Waals surface area (Å²) in [5.41, 5.74) is 5.49. The van der Waals surface area contributed by atoms with Crippen LogP contribution in [0.3, 0.4) is 0 Å². The SMILES string of the molecule is NCC1CCN(C(=O)CCC(=O)O)C1. The highest BCUT2D eigenvalue weighted by atomic mass is 16.4. The molecule has 1 unspecified atom stereocenters. The zero-order valence-corrected chi connectivity index (χ0v) is 8.11. The Labute approximate surface area is 82.9 Å². The monoisotopic (exact) mass is 200 g/mol. The molecule has 3 N–H and O–H groups in total. The largest absolute Gasteiger partial charge is 0.481 e. The third-order valence-corrected chi connectivity index (χ3v) is 2.52. The van der Waals surface area contributed by atoms with E-state index in [1.807, 2.05) is 0 Å². The minimum atomic E-state index is -0.923. The van der Waals surface area contributed by atoms with E-state index in [-0.39, 0.29) is 18.7 Å². The second-order valence-corrected chi connectivity index (χ2v) is 3.62. The Morgan fingerprint density at radius 3 is 2.64 bits per heavy atom. The quantitative estimate of drug-likeness (QED) is 0.650. The van der Waals surface area contributed by atoms with Gasteiger partial charge in [-0.1, -0.05) is 0 Å². The van der Waals surface area contributed by atoms with Gasteiger partial charge >= 0.3 is 5.97 Å². The van der Waals surface area contributed by atoms with Gasteiger partial charge < -0.3 is 15.7 Å². The van der Waals surface area contributed by atoms with Crippen molar-refractivity contribution in [2.24, 2.45) is 11.7 Å². The van der Waals surface area contributed by atoms with E-state index >= 15 is 0 Å². The minimum absolute atomic E-state index is 0.0663. The van der Waals surface area contributed by atoms with E-state index in [2.05, 4.69) is 0 Å². The summed E-state index contributed by atoms with van der Waals surface area (Å²) in [5.74, 6) is -0.597. The van der Waals surface area contributed by atoms with Gasteiger partial charge in [0.25, 0.3) is 0 Å². The lowest BCUT2D eigenvalue weighted by Gasteiger charge is -2.15. The first kappa shape index (κ1) is 11.0. The first-order valence-corrected chi connectivity index (χ1v) is 4.83. The predicted molar refractivity (Wildman–Crippen MR) is 50.6 cm³/mol.